The Morgan fingerprint density at radius 1 is 1.25 bits per heavy atom. The fourth-order valence-corrected chi connectivity index (χ4v) is 4.03. The molecule has 0 bridgehead atoms. The summed E-state index contributed by atoms with van der Waals surface area (Å²) < 4.78 is 66.9. The molecule has 2 heterocycles. The molecule has 2 rings (SSSR count). The minimum atomic E-state index is -4.31. The van der Waals surface area contributed by atoms with Crippen LogP contribution in [0.15, 0.2) is 33.8 Å². The van der Waals surface area contributed by atoms with Crippen LogP contribution in [-0.2, 0) is 10.2 Å². The van der Waals surface area contributed by atoms with E-state index in [0.29, 0.717) is 24.6 Å². The third-order valence-corrected chi connectivity index (χ3v) is 5.76. The number of aliphatic imine (C=N–C) groups is 2. The van der Waals surface area contributed by atoms with Crippen molar-refractivity contribution >= 4 is 22.1 Å². The summed E-state index contributed by atoms with van der Waals surface area (Å²) >= 11 is 0. The summed E-state index contributed by atoms with van der Waals surface area (Å²) in [5, 5.41) is 2.89. The van der Waals surface area contributed by atoms with E-state index in [-0.39, 0.29) is 19.5 Å². The summed E-state index contributed by atoms with van der Waals surface area (Å²) in [6, 6.07) is 0. The van der Waals surface area contributed by atoms with E-state index in [1.165, 1.54) is 10.4 Å². The lowest BCUT2D eigenvalue weighted by atomic mass is 10.0. The van der Waals surface area contributed by atoms with Crippen LogP contribution in [0.2, 0.25) is 0 Å². The van der Waals surface area contributed by atoms with Crippen molar-refractivity contribution in [1.29, 1.82) is 0 Å². The predicted molar refractivity (Wildman–Crippen MR) is 103 cm³/mol. The Kier molecular flexibility index (Phi) is 7.64. The van der Waals surface area contributed by atoms with Gasteiger partial charge >= 0.3 is 16.4 Å². The average molecular weight is 421 g/mol. The number of nitrogens with zero attached hydrogens (tertiary/aromatic N) is 3. The Balaban J connectivity index is 1.90. The normalized spacial score (nSPS) is 20.5. The lowest BCUT2D eigenvalue weighted by Gasteiger charge is -2.24. The molecule has 0 saturated carbocycles. The van der Waals surface area contributed by atoms with E-state index >= 15 is 0 Å². The van der Waals surface area contributed by atoms with Gasteiger partial charge in [0.2, 0.25) is 0 Å². The van der Waals surface area contributed by atoms with Gasteiger partial charge in [-0.3, -0.25) is 4.72 Å². The van der Waals surface area contributed by atoms with E-state index in [9.17, 15) is 21.6 Å². The van der Waals surface area contributed by atoms with Gasteiger partial charge in [0, 0.05) is 31.6 Å². The second kappa shape index (κ2) is 9.55. The molecular weight excluding hydrogens is 395 g/mol. The SMILES string of the molecule is CCCN(CCNC1=CCC(C(F)(F)F)C=N1)S(=O)(=O)NC1=CCCC(C)=N1. The molecule has 0 amide bonds. The average Bonchev–Trinajstić information content (AvgIpc) is 2.60. The molecule has 0 saturated heterocycles. The number of allylic oxidation sites excluding steroid dienone is 2. The van der Waals surface area contributed by atoms with E-state index in [4.69, 9.17) is 0 Å². The van der Waals surface area contributed by atoms with Gasteiger partial charge < -0.3 is 5.32 Å². The molecule has 11 heteroatoms. The topological polar surface area (TPSA) is 86.2 Å². The highest BCUT2D eigenvalue weighted by atomic mass is 32.2. The van der Waals surface area contributed by atoms with Crippen molar-refractivity contribution in [2.24, 2.45) is 15.9 Å². The molecule has 0 spiro atoms. The molecule has 1 unspecified atom stereocenters. The molecule has 0 aliphatic carbocycles. The van der Waals surface area contributed by atoms with Crippen molar-refractivity contribution in [2.75, 3.05) is 19.6 Å². The summed E-state index contributed by atoms with van der Waals surface area (Å²) in [4.78, 5) is 7.99. The Morgan fingerprint density at radius 2 is 2.00 bits per heavy atom. The highest BCUT2D eigenvalue weighted by molar-refractivity contribution is 7.87. The molecular formula is C17H26F3N5O2S. The Labute approximate surface area is 163 Å². The molecule has 0 aromatic heterocycles. The van der Waals surface area contributed by atoms with Gasteiger partial charge in [0.05, 0.1) is 5.92 Å². The third-order valence-electron chi connectivity index (χ3n) is 4.25. The second-order valence-corrected chi connectivity index (χ2v) is 8.33. The molecule has 1 atom stereocenters. The molecule has 0 aromatic carbocycles. The molecule has 2 aliphatic heterocycles. The van der Waals surface area contributed by atoms with Gasteiger partial charge in [-0.25, -0.2) is 9.98 Å². The quantitative estimate of drug-likeness (QED) is 0.600. The summed E-state index contributed by atoms with van der Waals surface area (Å²) in [5.41, 5.74) is 0.864. The zero-order valence-corrected chi connectivity index (χ0v) is 16.8. The minimum absolute atomic E-state index is 0.148. The largest absolute Gasteiger partial charge is 0.396 e. The monoisotopic (exact) mass is 421 g/mol. The van der Waals surface area contributed by atoms with Crippen LogP contribution in [0.5, 0.6) is 0 Å². The number of halogens is 3. The first kappa shape index (κ1) is 22.4. The van der Waals surface area contributed by atoms with Gasteiger partial charge in [0.15, 0.2) is 0 Å². The van der Waals surface area contributed by atoms with Crippen LogP contribution in [0.25, 0.3) is 0 Å². The number of rotatable bonds is 9. The molecule has 2 aliphatic rings. The molecule has 0 aromatic rings. The van der Waals surface area contributed by atoms with Crippen LogP contribution >= 0.6 is 0 Å². The molecule has 7 nitrogen and oxygen atoms in total. The first-order valence-electron chi connectivity index (χ1n) is 9.19. The summed E-state index contributed by atoms with van der Waals surface area (Å²) in [7, 11) is -3.78. The predicted octanol–water partition coefficient (Wildman–Crippen LogP) is 2.71. The molecule has 0 fully saturated rings. The minimum Gasteiger partial charge on any atom is -0.369 e. The highest BCUT2D eigenvalue weighted by Crippen LogP contribution is 2.29. The molecule has 28 heavy (non-hydrogen) atoms. The Morgan fingerprint density at radius 3 is 2.57 bits per heavy atom. The van der Waals surface area contributed by atoms with Crippen molar-refractivity contribution in [3.05, 3.63) is 23.8 Å². The number of alkyl halides is 3. The van der Waals surface area contributed by atoms with Crippen LogP contribution < -0.4 is 10.0 Å². The lowest BCUT2D eigenvalue weighted by Crippen LogP contribution is -2.43. The van der Waals surface area contributed by atoms with Crippen LogP contribution in [0.4, 0.5) is 13.2 Å². The van der Waals surface area contributed by atoms with E-state index in [1.54, 1.807) is 6.08 Å². The molecule has 0 radical (unpaired) electrons. The highest BCUT2D eigenvalue weighted by Gasteiger charge is 2.38. The lowest BCUT2D eigenvalue weighted by molar-refractivity contribution is -0.153. The third kappa shape index (κ3) is 6.62. The molecule has 158 valence electrons. The smallest absolute Gasteiger partial charge is 0.369 e. The first-order valence-corrected chi connectivity index (χ1v) is 10.6. The van der Waals surface area contributed by atoms with Gasteiger partial charge in [0.25, 0.3) is 0 Å². The van der Waals surface area contributed by atoms with Gasteiger partial charge in [-0.15, -0.1) is 0 Å². The van der Waals surface area contributed by atoms with Crippen LogP contribution in [0, 0.1) is 5.92 Å². The number of nitrogens with one attached hydrogen (secondary N) is 2. The fraction of sp³-hybridized carbons (Fsp3) is 0.647. The maximum absolute atomic E-state index is 12.6. The zero-order chi connectivity index (χ0) is 20.8. The maximum Gasteiger partial charge on any atom is 0.396 e. The van der Waals surface area contributed by atoms with Crippen LogP contribution in [0.3, 0.4) is 0 Å². The van der Waals surface area contributed by atoms with E-state index in [1.807, 2.05) is 13.8 Å². The zero-order valence-electron chi connectivity index (χ0n) is 16.0. The van der Waals surface area contributed by atoms with E-state index in [0.717, 1.165) is 24.8 Å². The standard InChI is InChI=1S/C17H26F3N5O2S/c1-3-10-25(28(26,27)24-16-6-4-5-13(2)23-16)11-9-21-15-8-7-14(12-22-15)17(18,19)20/h6,8,12,14,21,24H,3-5,7,9-11H2,1-2H3. The van der Waals surface area contributed by atoms with Crippen molar-refractivity contribution < 1.29 is 21.6 Å². The van der Waals surface area contributed by atoms with Crippen molar-refractivity contribution in [3.8, 4) is 0 Å². The fourth-order valence-electron chi connectivity index (χ4n) is 2.75. The summed E-state index contributed by atoms with van der Waals surface area (Å²) in [5.74, 6) is -0.944. The van der Waals surface area contributed by atoms with Gasteiger partial charge in [0.1, 0.15) is 11.6 Å². The number of hydrogen-bond acceptors (Lipinski definition) is 5. The van der Waals surface area contributed by atoms with Crippen molar-refractivity contribution in [3.63, 3.8) is 0 Å². The van der Waals surface area contributed by atoms with Gasteiger partial charge in [-0.1, -0.05) is 6.92 Å². The first-order chi connectivity index (χ1) is 13.1. The van der Waals surface area contributed by atoms with E-state index < -0.39 is 22.3 Å². The van der Waals surface area contributed by atoms with Gasteiger partial charge in [-0.2, -0.15) is 25.9 Å². The maximum atomic E-state index is 12.6. The van der Waals surface area contributed by atoms with Crippen molar-refractivity contribution in [2.45, 2.75) is 45.7 Å². The second-order valence-electron chi connectivity index (χ2n) is 6.66. The Bertz CT molecular complexity index is 772. The van der Waals surface area contributed by atoms with Gasteiger partial charge in [-0.05, 0) is 44.8 Å². The van der Waals surface area contributed by atoms with Crippen molar-refractivity contribution in [1.82, 2.24) is 14.3 Å². The van der Waals surface area contributed by atoms with Crippen LogP contribution in [0.1, 0.15) is 39.5 Å². The number of hydrogen-bond donors (Lipinski definition) is 2. The summed E-state index contributed by atoms with van der Waals surface area (Å²) in [6.07, 6.45) is 1.66. The van der Waals surface area contributed by atoms with E-state index in [2.05, 4.69) is 20.0 Å². The van der Waals surface area contributed by atoms with Crippen LogP contribution in [-0.4, -0.2) is 50.5 Å². The summed E-state index contributed by atoms with van der Waals surface area (Å²) in [6.45, 7) is 4.39. The molecule has 2 N–H and O–H groups in total. The Hall–Kier alpha value is -1.88.